The lowest BCUT2D eigenvalue weighted by atomic mass is 9.79. The lowest BCUT2D eigenvalue weighted by molar-refractivity contribution is -0.286. The molecule has 1 fully saturated rings. The maximum atomic E-state index is 14.6. The highest BCUT2D eigenvalue weighted by molar-refractivity contribution is 5.65. The Kier molecular flexibility index (Phi) is 5.78. The first kappa shape index (κ1) is 19.1. The Balaban J connectivity index is 1.64. The van der Waals surface area contributed by atoms with Crippen molar-refractivity contribution >= 4 is 5.83 Å². The first-order valence-corrected chi connectivity index (χ1v) is 9.35. The highest BCUT2D eigenvalue weighted by atomic mass is 19.3. The first-order valence-electron chi connectivity index (χ1n) is 9.35. The van der Waals surface area contributed by atoms with E-state index in [1.807, 2.05) is 0 Å². The highest BCUT2D eigenvalue weighted by Crippen LogP contribution is 2.44. The molecule has 0 unspecified atom stereocenters. The molecule has 2 aliphatic rings. The van der Waals surface area contributed by atoms with Gasteiger partial charge >= 0.3 is 6.29 Å². The molecule has 0 atom stereocenters. The van der Waals surface area contributed by atoms with Gasteiger partial charge in [0.25, 0.3) is 0 Å². The summed E-state index contributed by atoms with van der Waals surface area (Å²) in [6.45, 7) is 2.16. The van der Waals surface area contributed by atoms with Gasteiger partial charge in [-0.05, 0) is 49.8 Å². The summed E-state index contributed by atoms with van der Waals surface area (Å²) in [4.78, 5) is 0. The number of rotatable bonds is 6. The molecule has 144 valence electrons. The van der Waals surface area contributed by atoms with E-state index in [4.69, 9.17) is 0 Å². The number of halogens is 4. The minimum atomic E-state index is -3.77. The van der Waals surface area contributed by atoms with Crippen LogP contribution in [0.2, 0.25) is 0 Å². The van der Waals surface area contributed by atoms with Gasteiger partial charge in [0.05, 0.1) is 0 Å². The molecule has 0 N–H and O–H groups in total. The van der Waals surface area contributed by atoms with Gasteiger partial charge in [0.1, 0.15) is 5.83 Å². The van der Waals surface area contributed by atoms with Gasteiger partial charge in [0.15, 0.2) is 17.3 Å². The van der Waals surface area contributed by atoms with E-state index < -0.39 is 23.9 Å². The third-order valence-electron chi connectivity index (χ3n) is 5.29. The zero-order valence-corrected chi connectivity index (χ0v) is 14.9. The van der Waals surface area contributed by atoms with Gasteiger partial charge in [-0.25, -0.2) is 8.78 Å². The fourth-order valence-corrected chi connectivity index (χ4v) is 3.79. The molecule has 0 saturated heterocycles. The van der Waals surface area contributed by atoms with Gasteiger partial charge in [-0.1, -0.05) is 32.6 Å². The largest absolute Gasteiger partial charge is 0.586 e. The van der Waals surface area contributed by atoms with Gasteiger partial charge in [0.2, 0.25) is 0 Å². The van der Waals surface area contributed by atoms with E-state index in [9.17, 15) is 17.6 Å². The van der Waals surface area contributed by atoms with Crippen molar-refractivity contribution in [3.8, 4) is 11.5 Å². The standard InChI is InChI=1S/C20H24F4O2/c1-2-3-4-5-13-6-8-14(9-7-13)18(21)19(22)15-10-11-16-17(12-15)26-20(23,24)25-16/h10-14H,2-9H2,1H3/b19-18+. The van der Waals surface area contributed by atoms with E-state index in [-0.39, 0.29) is 17.1 Å². The molecule has 0 spiro atoms. The van der Waals surface area contributed by atoms with E-state index in [1.54, 1.807) is 0 Å². The number of allylic oxidation sites excluding steroid dienone is 1. The van der Waals surface area contributed by atoms with Crippen molar-refractivity contribution in [2.75, 3.05) is 0 Å². The summed E-state index contributed by atoms with van der Waals surface area (Å²) in [5.74, 6) is -2.09. The lowest BCUT2D eigenvalue weighted by Gasteiger charge is -2.27. The van der Waals surface area contributed by atoms with E-state index >= 15 is 0 Å². The normalized spacial score (nSPS) is 25.1. The maximum Gasteiger partial charge on any atom is 0.586 e. The Hall–Kier alpha value is -1.72. The van der Waals surface area contributed by atoms with Crippen molar-refractivity contribution in [3.63, 3.8) is 0 Å². The molecular formula is C20H24F4O2. The van der Waals surface area contributed by atoms with Crippen molar-refractivity contribution in [2.24, 2.45) is 11.8 Å². The molecule has 2 nitrogen and oxygen atoms in total. The predicted octanol–water partition coefficient (Wildman–Crippen LogP) is 7.00. The summed E-state index contributed by atoms with van der Waals surface area (Å²) in [5.41, 5.74) is -0.104. The zero-order chi connectivity index (χ0) is 18.7. The second-order valence-corrected chi connectivity index (χ2v) is 7.20. The number of benzene rings is 1. The van der Waals surface area contributed by atoms with E-state index in [2.05, 4.69) is 16.4 Å². The minimum Gasteiger partial charge on any atom is -0.395 e. The van der Waals surface area contributed by atoms with Crippen molar-refractivity contribution in [2.45, 2.75) is 64.6 Å². The Morgan fingerprint density at radius 1 is 1.04 bits per heavy atom. The lowest BCUT2D eigenvalue weighted by Crippen LogP contribution is -2.25. The molecule has 0 amide bonds. The molecule has 0 bridgehead atoms. The van der Waals surface area contributed by atoms with Crippen molar-refractivity contribution in [1.29, 1.82) is 0 Å². The first-order chi connectivity index (χ1) is 12.4. The average Bonchev–Trinajstić information content (AvgIpc) is 2.94. The van der Waals surface area contributed by atoms with Crippen molar-refractivity contribution < 1.29 is 27.0 Å². The number of alkyl halides is 2. The number of hydrogen-bond donors (Lipinski definition) is 0. The fourth-order valence-electron chi connectivity index (χ4n) is 3.79. The number of ether oxygens (including phenoxy) is 2. The van der Waals surface area contributed by atoms with E-state index in [0.29, 0.717) is 18.8 Å². The molecule has 1 saturated carbocycles. The van der Waals surface area contributed by atoms with Crippen LogP contribution in [0.4, 0.5) is 17.6 Å². The van der Waals surface area contributed by atoms with Gasteiger partial charge < -0.3 is 9.47 Å². The fraction of sp³-hybridized carbons (Fsp3) is 0.600. The van der Waals surface area contributed by atoms with Crippen LogP contribution in [0.15, 0.2) is 24.0 Å². The van der Waals surface area contributed by atoms with Crippen LogP contribution in [0.25, 0.3) is 5.83 Å². The Morgan fingerprint density at radius 3 is 2.42 bits per heavy atom. The number of hydrogen-bond acceptors (Lipinski definition) is 2. The van der Waals surface area contributed by atoms with E-state index in [1.165, 1.54) is 31.4 Å². The smallest absolute Gasteiger partial charge is 0.395 e. The van der Waals surface area contributed by atoms with Crippen LogP contribution in [0.1, 0.15) is 63.9 Å². The Bertz CT molecular complexity index is 664. The van der Waals surface area contributed by atoms with Crippen molar-refractivity contribution in [1.82, 2.24) is 0 Å². The summed E-state index contributed by atoms with van der Waals surface area (Å²) < 4.78 is 63.8. The molecule has 0 aromatic heterocycles. The third kappa shape index (κ3) is 4.33. The molecule has 1 heterocycles. The van der Waals surface area contributed by atoms with Crippen LogP contribution in [-0.4, -0.2) is 6.29 Å². The second-order valence-electron chi connectivity index (χ2n) is 7.20. The molecule has 1 aliphatic carbocycles. The monoisotopic (exact) mass is 372 g/mol. The molecule has 1 aromatic carbocycles. The van der Waals surface area contributed by atoms with Gasteiger partial charge in [-0.3, -0.25) is 0 Å². The van der Waals surface area contributed by atoms with Crippen LogP contribution in [0, 0.1) is 11.8 Å². The maximum absolute atomic E-state index is 14.6. The highest BCUT2D eigenvalue weighted by Gasteiger charge is 2.43. The van der Waals surface area contributed by atoms with Gasteiger partial charge in [-0.2, -0.15) is 0 Å². The van der Waals surface area contributed by atoms with E-state index in [0.717, 1.165) is 25.3 Å². The predicted molar refractivity (Wildman–Crippen MR) is 91.4 cm³/mol. The summed E-state index contributed by atoms with van der Waals surface area (Å²) in [5, 5.41) is 0. The van der Waals surface area contributed by atoms with Gasteiger partial charge in [0, 0.05) is 11.5 Å². The average molecular weight is 372 g/mol. The Morgan fingerprint density at radius 2 is 1.73 bits per heavy atom. The van der Waals surface area contributed by atoms with Crippen LogP contribution >= 0.6 is 0 Å². The minimum absolute atomic E-state index is 0.104. The second kappa shape index (κ2) is 7.89. The molecular weight excluding hydrogens is 348 g/mol. The number of fused-ring (bicyclic) bond motifs is 1. The number of unbranched alkanes of at least 4 members (excludes halogenated alkanes) is 2. The van der Waals surface area contributed by atoms with Crippen LogP contribution in [0.5, 0.6) is 11.5 Å². The van der Waals surface area contributed by atoms with Crippen molar-refractivity contribution in [3.05, 3.63) is 29.6 Å². The SMILES string of the molecule is CCCCCC1CCC(/C(F)=C(\F)c2ccc3c(c2)OC(F)(F)O3)CC1. The van der Waals surface area contributed by atoms with Crippen LogP contribution in [-0.2, 0) is 0 Å². The topological polar surface area (TPSA) is 18.5 Å². The molecule has 1 aromatic rings. The zero-order valence-electron chi connectivity index (χ0n) is 14.9. The Labute approximate surface area is 151 Å². The summed E-state index contributed by atoms with van der Waals surface area (Å²) in [7, 11) is 0. The summed E-state index contributed by atoms with van der Waals surface area (Å²) >= 11 is 0. The molecule has 1 aliphatic heterocycles. The molecule has 26 heavy (non-hydrogen) atoms. The molecule has 6 heteroatoms. The third-order valence-corrected chi connectivity index (χ3v) is 5.29. The quantitative estimate of drug-likeness (QED) is 0.395. The summed E-state index contributed by atoms with van der Waals surface area (Å²) in [6.07, 6.45) is 4.04. The van der Waals surface area contributed by atoms with Crippen LogP contribution in [0.3, 0.4) is 0 Å². The molecule has 3 rings (SSSR count). The van der Waals surface area contributed by atoms with Gasteiger partial charge in [-0.15, -0.1) is 8.78 Å². The van der Waals surface area contributed by atoms with Crippen LogP contribution < -0.4 is 9.47 Å². The molecule has 0 radical (unpaired) electrons. The summed E-state index contributed by atoms with van der Waals surface area (Å²) in [6, 6.07) is 3.46.